The van der Waals surface area contributed by atoms with Crippen LogP contribution in [0, 0.1) is 5.82 Å². The molecule has 0 aromatic heterocycles. The van der Waals surface area contributed by atoms with E-state index in [0.29, 0.717) is 12.0 Å². The predicted molar refractivity (Wildman–Crippen MR) is 71.7 cm³/mol. The zero-order chi connectivity index (χ0) is 13.8. The summed E-state index contributed by atoms with van der Waals surface area (Å²) in [6.07, 6.45) is 1.91. The molecule has 0 amide bonds. The summed E-state index contributed by atoms with van der Waals surface area (Å²) in [5, 5.41) is 3.16. The van der Waals surface area contributed by atoms with Gasteiger partial charge in [0.15, 0.2) is 0 Å². The van der Waals surface area contributed by atoms with Gasteiger partial charge in [-0.3, -0.25) is 0 Å². The summed E-state index contributed by atoms with van der Waals surface area (Å²) in [5.74, 6) is -0.207. The van der Waals surface area contributed by atoms with Gasteiger partial charge < -0.3 is 5.32 Å². The van der Waals surface area contributed by atoms with Crippen LogP contribution in [0.5, 0.6) is 0 Å². The van der Waals surface area contributed by atoms with E-state index in [1.54, 1.807) is 25.1 Å². The van der Waals surface area contributed by atoms with Crippen LogP contribution in [0.1, 0.15) is 31.9 Å². The standard InChI is InChI=1S/C13H20FNO2S/c1-4-13(11-7-5-6-8-12(11)14)15-10(2)9-18(3,16)17/h5-8,10,13,15H,4,9H2,1-3H3. The summed E-state index contributed by atoms with van der Waals surface area (Å²) in [5.41, 5.74) is 0.584. The van der Waals surface area contributed by atoms with Crippen molar-refractivity contribution in [3.8, 4) is 0 Å². The number of halogens is 1. The van der Waals surface area contributed by atoms with Gasteiger partial charge in [-0.05, 0) is 19.4 Å². The highest BCUT2D eigenvalue weighted by molar-refractivity contribution is 7.90. The molecule has 2 atom stereocenters. The third kappa shape index (κ3) is 4.74. The first-order valence-electron chi connectivity index (χ1n) is 6.01. The third-order valence-electron chi connectivity index (χ3n) is 2.73. The maximum absolute atomic E-state index is 13.7. The SMILES string of the molecule is CCC(NC(C)CS(C)(=O)=O)c1ccccc1F. The minimum Gasteiger partial charge on any atom is -0.306 e. The predicted octanol–water partition coefficient (Wildman–Crippen LogP) is 2.30. The van der Waals surface area contributed by atoms with Gasteiger partial charge in [-0.2, -0.15) is 0 Å². The van der Waals surface area contributed by atoms with Crippen molar-refractivity contribution >= 4 is 9.84 Å². The molecule has 1 aromatic carbocycles. The molecule has 0 bridgehead atoms. The van der Waals surface area contributed by atoms with Crippen LogP contribution in [0.4, 0.5) is 4.39 Å². The number of rotatable bonds is 6. The van der Waals surface area contributed by atoms with Crippen molar-refractivity contribution in [2.45, 2.75) is 32.4 Å². The lowest BCUT2D eigenvalue weighted by Crippen LogP contribution is -2.35. The van der Waals surface area contributed by atoms with Gasteiger partial charge in [0.25, 0.3) is 0 Å². The van der Waals surface area contributed by atoms with Crippen molar-refractivity contribution in [1.29, 1.82) is 0 Å². The van der Waals surface area contributed by atoms with Crippen molar-refractivity contribution in [1.82, 2.24) is 5.32 Å². The first-order chi connectivity index (χ1) is 8.33. The average molecular weight is 273 g/mol. The summed E-state index contributed by atoms with van der Waals surface area (Å²) in [6, 6.07) is 6.20. The molecule has 18 heavy (non-hydrogen) atoms. The molecule has 102 valence electrons. The number of nitrogens with one attached hydrogen (secondary N) is 1. The van der Waals surface area contributed by atoms with E-state index in [2.05, 4.69) is 5.32 Å². The van der Waals surface area contributed by atoms with Crippen molar-refractivity contribution in [2.24, 2.45) is 0 Å². The molecule has 0 fully saturated rings. The monoisotopic (exact) mass is 273 g/mol. The van der Waals surface area contributed by atoms with Crippen molar-refractivity contribution in [3.63, 3.8) is 0 Å². The van der Waals surface area contributed by atoms with E-state index in [9.17, 15) is 12.8 Å². The molecule has 0 aliphatic heterocycles. The fourth-order valence-corrected chi connectivity index (χ4v) is 3.04. The smallest absolute Gasteiger partial charge is 0.148 e. The van der Waals surface area contributed by atoms with Crippen molar-refractivity contribution in [2.75, 3.05) is 12.0 Å². The summed E-state index contributed by atoms with van der Waals surface area (Å²) in [4.78, 5) is 0. The topological polar surface area (TPSA) is 46.2 Å². The van der Waals surface area contributed by atoms with Gasteiger partial charge in [-0.25, -0.2) is 12.8 Å². The van der Waals surface area contributed by atoms with Crippen LogP contribution in [-0.2, 0) is 9.84 Å². The Morgan fingerprint density at radius 2 is 1.94 bits per heavy atom. The van der Waals surface area contributed by atoms with Crippen LogP contribution in [-0.4, -0.2) is 26.5 Å². The molecule has 3 nitrogen and oxygen atoms in total. The first kappa shape index (κ1) is 15.1. The molecule has 0 aliphatic carbocycles. The van der Waals surface area contributed by atoms with E-state index in [-0.39, 0.29) is 23.7 Å². The summed E-state index contributed by atoms with van der Waals surface area (Å²) < 4.78 is 36.1. The van der Waals surface area contributed by atoms with Crippen molar-refractivity contribution < 1.29 is 12.8 Å². The Hall–Kier alpha value is -0.940. The Morgan fingerprint density at radius 1 is 1.33 bits per heavy atom. The number of hydrogen-bond acceptors (Lipinski definition) is 3. The lowest BCUT2D eigenvalue weighted by atomic mass is 10.0. The van der Waals surface area contributed by atoms with E-state index in [1.165, 1.54) is 12.3 Å². The van der Waals surface area contributed by atoms with Gasteiger partial charge >= 0.3 is 0 Å². The maximum atomic E-state index is 13.7. The average Bonchev–Trinajstić information content (AvgIpc) is 2.24. The maximum Gasteiger partial charge on any atom is 0.148 e. The molecule has 0 saturated carbocycles. The third-order valence-corrected chi connectivity index (χ3v) is 3.83. The van der Waals surface area contributed by atoms with Crippen LogP contribution >= 0.6 is 0 Å². The van der Waals surface area contributed by atoms with Gasteiger partial charge in [0.1, 0.15) is 15.7 Å². The molecule has 0 spiro atoms. The molecule has 1 aromatic rings. The Morgan fingerprint density at radius 3 is 2.44 bits per heavy atom. The van der Waals surface area contributed by atoms with Gasteiger partial charge in [0, 0.05) is 23.9 Å². The Kier molecular flexibility index (Phi) is 5.28. The van der Waals surface area contributed by atoms with Crippen LogP contribution < -0.4 is 5.32 Å². The summed E-state index contributed by atoms with van der Waals surface area (Å²) >= 11 is 0. The van der Waals surface area contributed by atoms with Crippen LogP contribution in [0.15, 0.2) is 24.3 Å². The zero-order valence-corrected chi connectivity index (χ0v) is 11.8. The molecule has 0 radical (unpaired) electrons. The van der Waals surface area contributed by atoms with Gasteiger partial charge in [0.2, 0.25) is 0 Å². The van der Waals surface area contributed by atoms with Crippen LogP contribution in [0.3, 0.4) is 0 Å². The molecule has 2 unspecified atom stereocenters. The molecule has 1 N–H and O–H groups in total. The van der Waals surface area contributed by atoms with E-state index < -0.39 is 9.84 Å². The molecular formula is C13H20FNO2S. The fourth-order valence-electron chi connectivity index (χ4n) is 2.03. The minimum absolute atomic E-state index is 0.0535. The molecule has 0 aliphatic rings. The highest BCUT2D eigenvalue weighted by atomic mass is 32.2. The summed E-state index contributed by atoms with van der Waals surface area (Å²) in [7, 11) is -3.03. The van der Waals surface area contributed by atoms with Crippen LogP contribution in [0.2, 0.25) is 0 Å². The molecule has 0 saturated heterocycles. The highest BCUT2D eigenvalue weighted by Crippen LogP contribution is 2.20. The quantitative estimate of drug-likeness (QED) is 0.865. The van der Waals surface area contributed by atoms with E-state index in [0.717, 1.165) is 0 Å². The minimum atomic E-state index is -3.03. The second-order valence-electron chi connectivity index (χ2n) is 4.64. The Labute approximate surface area is 108 Å². The normalized spacial score (nSPS) is 15.3. The fraction of sp³-hybridized carbons (Fsp3) is 0.538. The van der Waals surface area contributed by atoms with Crippen molar-refractivity contribution in [3.05, 3.63) is 35.6 Å². The van der Waals surface area contributed by atoms with Gasteiger partial charge in [-0.1, -0.05) is 25.1 Å². The van der Waals surface area contributed by atoms with E-state index in [1.807, 2.05) is 6.92 Å². The second kappa shape index (κ2) is 6.29. The lowest BCUT2D eigenvalue weighted by molar-refractivity contribution is 0.447. The second-order valence-corrected chi connectivity index (χ2v) is 6.83. The highest BCUT2D eigenvalue weighted by Gasteiger charge is 2.18. The van der Waals surface area contributed by atoms with Gasteiger partial charge in [0.05, 0.1) is 5.75 Å². The number of sulfone groups is 1. The summed E-state index contributed by atoms with van der Waals surface area (Å²) in [6.45, 7) is 3.74. The molecule has 1 rings (SSSR count). The van der Waals surface area contributed by atoms with E-state index >= 15 is 0 Å². The molecular weight excluding hydrogens is 253 g/mol. The van der Waals surface area contributed by atoms with Gasteiger partial charge in [-0.15, -0.1) is 0 Å². The molecule has 5 heteroatoms. The number of hydrogen-bond donors (Lipinski definition) is 1. The Balaban J connectivity index is 2.77. The largest absolute Gasteiger partial charge is 0.306 e. The Bertz CT molecular complexity index is 488. The first-order valence-corrected chi connectivity index (χ1v) is 8.07. The molecule has 0 heterocycles. The van der Waals surface area contributed by atoms with Crippen LogP contribution in [0.25, 0.3) is 0 Å². The van der Waals surface area contributed by atoms with E-state index in [4.69, 9.17) is 0 Å². The number of benzene rings is 1. The lowest BCUT2D eigenvalue weighted by Gasteiger charge is -2.22. The zero-order valence-electron chi connectivity index (χ0n) is 11.0.